The molecule has 0 spiro atoms. The van der Waals surface area contributed by atoms with Crippen molar-refractivity contribution < 1.29 is 8.42 Å². The highest BCUT2D eigenvalue weighted by Gasteiger charge is 2.10. The van der Waals surface area contributed by atoms with Gasteiger partial charge in [-0.1, -0.05) is 0 Å². The Morgan fingerprint density at radius 2 is 2.30 bits per heavy atom. The monoisotopic (exact) mass is 161 g/mol. The number of rotatable bonds is 1. The Labute approximate surface area is 58.5 Å². The van der Waals surface area contributed by atoms with Gasteiger partial charge < -0.3 is 4.57 Å². The van der Waals surface area contributed by atoms with Crippen molar-refractivity contribution in [1.29, 1.82) is 0 Å². The zero-order chi connectivity index (χ0) is 7.78. The fraction of sp³-hybridized carbons (Fsp3) is 0.250. The van der Waals surface area contributed by atoms with Crippen LogP contribution in [-0.2, 0) is 17.1 Å². The summed E-state index contributed by atoms with van der Waals surface area (Å²) >= 11 is 0. The number of aromatic nitrogens is 2. The molecule has 0 fully saturated rings. The first-order valence-electron chi connectivity index (χ1n) is 2.51. The fourth-order valence-corrected chi connectivity index (χ4v) is 1.28. The van der Waals surface area contributed by atoms with Crippen molar-refractivity contribution >= 4 is 10.0 Å². The van der Waals surface area contributed by atoms with E-state index in [-0.39, 0.29) is 5.03 Å². The third kappa shape index (κ3) is 1.17. The molecule has 0 radical (unpaired) electrons. The van der Waals surface area contributed by atoms with Crippen molar-refractivity contribution in [3.8, 4) is 0 Å². The maximum atomic E-state index is 10.6. The number of nitrogens with zero attached hydrogens (tertiary/aromatic N) is 2. The topological polar surface area (TPSA) is 78.0 Å². The molecule has 0 saturated carbocycles. The van der Waals surface area contributed by atoms with Crippen LogP contribution in [0.25, 0.3) is 0 Å². The van der Waals surface area contributed by atoms with Gasteiger partial charge in [0.1, 0.15) is 0 Å². The Morgan fingerprint density at radius 1 is 1.70 bits per heavy atom. The van der Waals surface area contributed by atoms with Crippen molar-refractivity contribution in [1.82, 2.24) is 9.55 Å². The zero-order valence-electron chi connectivity index (χ0n) is 5.35. The van der Waals surface area contributed by atoms with Gasteiger partial charge in [-0.25, -0.2) is 18.5 Å². The van der Waals surface area contributed by atoms with E-state index in [2.05, 4.69) is 4.98 Å². The lowest BCUT2D eigenvalue weighted by Gasteiger charge is -1.95. The normalized spacial score (nSPS) is 11.8. The standard InChI is InChI=1S/C4H7N3O2S/c1-7-3-6-2-4(7)10(5,8)9/h2-3H,1H3,(H2,5,8,9). The SMILES string of the molecule is Cn1cncc1S(N)(=O)=O. The summed E-state index contributed by atoms with van der Waals surface area (Å²) in [5.74, 6) is 0. The highest BCUT2D eigenvalue weighted by molar-refractivity contribution is 7.89. The van der Waals surface area contributed by atoms with Gasteiger partial charge in [0, 0.05) is 7.05 Å². The predicted octanol–water partition coefficient (Wildman–Crippen LogP) is -0.932. The van der Waals surface area contributed by atoms with Crippen LogP contribution in [-0.4, -0.2) is 18.0 Å². The summed E-state index contributed by atoms with van der Waals surface area (Å²) in [6, 6.07) is 0. The molecule has 0 saturated heterocycles. The van der Waals surface area contributed by atoms with Crippen LogP contribution < -0.4 is 5.14 Å². The lowest BCUT2D eigenvalue weighted by molar-refractivity contribution is 0.587. The highest BCUT2D eigenvalue weighted by Crippen LogP contribution is 2.01. The van der Waals surface area contributed by atoms with Crippen LogP contribution in [0.4, 0.5) is 0 Å². The van der Waals surface area contributed by atoms with Crippen LogP contribution in [0.5, 0.6) is 0 Å². The molecule has 1 aromatic rings. The number of hydrogen-bond acceptors (Lipinski definition) is 3. The third-order valence-corrected chi connectivity index (χ3v) is 2.04. The molecule has 0 aliphatic heterocycles. The van der Waals surface area contributed by atoms with Crippen LogP contribution in [0.1, 0.15) is 0 Å². The Kier molecular flexibility index (Phi) is 1.49. The molecule has 0 aliphatic rings. The van der Waals surface area contributed by atoms with Gasteiger partial charge in [0.15, 0.2) is 5.03 Å². The van der Waals surface area contributed by atoms with E-state index >= 15 is 0 Å². The Morgan fingerprint density at radius 3 is 2.50 bits per heavy atom. The maximum Gasteiger partial charge on any atom is 0.255 e. The highest BCUT2D eigenvalue weighted by atomic mass is 32.2. The van der Waals surface area contributed by atoms with Gasteiger partial charge in [0.05, 0.1) is 12.5 Å². The first kappa shape index (κ1) is 7.23. The average molecular weight is 161 g/mol. The van der Waals surface area contributed by atoms with Crippen LogP contribution in [0, 0.1) is 0 Å². The molecule has 0 atom stereocenters. The summed E-state index contributed by atoms with van der Waals surface area (Å²) < 4.78 is 22.6. The number of aryl methyl sites for hydroxylation is 1. The first-order valence-corrected chi connectivity index (χ1v) is 4.05. The molecule has 0 unspecified atom stereocenters. The van der Waals surface area contributed by atoms with Crippen molar-refractivity contribution in [2.45, 2.75) is 5.03 Å². The van der Waals surface area contributed by atoms with E-state index in [1.807, 2.05) is 0 Å². The number of imidazole rings is 1. The minimum atomic E-state index is -3.59. The van der Waals surface area contributed by atoms with E-state index < -0.39 is 10.0 Å². The van der Waals surface area contributed by atoms with E-state index in [4.69, 9.17) is 5.14 Å². The van der Waals surface area contributed by atoms with Crippen molar-refractivity contribution in [2.75, 3.05) is 0 Å². The van der Waals surface area contributed by atoms with E-state index in [1.165, 1.54) is 17.1 Å². The van der Waals surface area contributed by atoms with Gasteiger partial charge in [0.25, 0.3) is 10.0 Å². The first-order chi connectivity index (χ1) is 4.52. The lowest BCUT2D eigenvalue weighted by Crippen LogP contribution is -2.15. The molecule has 1 heterocycles. The van der Waals surface area contributed by atoms with Crippen LogP contribution in [0.2, 0.25) is 0 Å². The molecule has 1 rings (SSSR count). The summed E-state index contributed by atoms with van der Waals surface area (Å²) in [4.78, 5) is 3.59. The third-order valence-electron chi connectivity index (χ3n) is 1.06. The largest absolute Gasteiger partial charge is 0.324 e. The minimum Gasteiger partial charge on any atom is -0.324 e. The molecular weight excluding hydrogens is 154 g/mol. The summed E-state index contributed by atoms with van der Waals surface area (Å²) in [7, 11) is -2.03. The predicted molar refractivity (Wildman–Crippen MR) is 34.6 cm³/mol. The molecule has 5 nitrogen and oxygen atoms in total. The number of hydrogen-bond donors (Lipinski definition) is 1. The summed E-state index contributed by atoms with van der Waals surface area (Å²) in [5, 5.41) is 4.83. The number of sulfonamides is 1. The van der Waals surface area contributed by atoms with Gasteiger partial charge in [-0.05, 0) is 0 Å². The van der Waals surface area contributed by atoms with Crippen LogP contribution >= 0.6 is 0 Å². The van der Waals surface area contributed by atoms with Gasteiger partial charge in [-0.15, -0.1) is 0 Å². The second kappa shape index (κ2) is 2.06. The Hall–Kier alpha value is -0.880. The molecule has 56 valence electrons. The summed E-state index contributed by atoms with van der Waals surface area (Å²) in [6.07, 6.45) is 2.58. The minimum absolute atomic E-state index is 0.0208. The van der Waals surface area contributed by atoms with Crippen molar-refractivity contribution in [3.63, 3.8) is 0 Å². The molecule has 0 aliphatic carbocycles. The molecule has 0 amide bonds. The summed E-state index contributed by atoms with van der Waals surface area (Å²) in [6.45, 7) is 0. The van der Waals surface area contributed by atoms with Crippen molar-refractivity contribution in [2.24, 2.45) is 12.2 Å². The van der Waals surface area contributed by atoms with Crippen LogP contribution in [0.3, 0.4) is 0 Å². The Balaban J connectivity index is 3.32. The number of primary sulfonamides is 1. The molecule has 1 aromatic heterocycles. The van der Waals surface area contributed by atoms with E-state index in [9.17, 15) is 8.42 Å². The van der Waals surface area contributed by atoms with Gasteiger partial charge in [-0.3, -0.25) is 0 Å². The van der Waals surface area contributed by atoms with Crippen molar-refractivity contribution in [3.05, 3.63) is 12.5 Å². The van der Waals surface area contributed by atoms with E-state index in [1.54, 1.807) is 7.05 Å². The summed E-state index contributed by atoms with van der Waals surface area (Å²) in [5.41, 5.74) is 0. The van der Waals surface area contributed by atoms with Gasteiger partial charge in [0.2, 0.25) is 0 Å². The zero-order valence-corrected chi connectivity index (χ0v) is 6.17. The molecular formula is C4H7N3O2S. The quantitative estimate of drug-likeness (QED) is 0.577. The molecule has 0 bridgehead atoms. The molecule has 0 aromatic carbocycles. The molecule has 2 N–H and O–H groups in total. The van der Waals surface area contributed by atoms with E-state index in [0.717, 1.165) is 0 Å². The Bertz CT molecular complexity index is 326. The number of nitrogens with two attached hydrogens (primary N) is 1. The lowest BCUT2D eigenvalue weighted by atomic mass is 10.9. The van der Waals surface area contributed by atoms with Gasteiger partial charge >= 0.3 is 0 Å². The fourth-order valence-electron chi connectivity index (χ4n) is 0.619. The smallest absolute Gasteiger partial charge is 0.255 e. The maximum absolute atomic E-state index is 10.6. The molecule has 10 heavy (non-hydrogen) atoms. The van der Waals surface area contributed by atoms with Crippen LogP contribution in [0.15, 0.2) is 17.6 Å². The van der Waals surface area contributed by atoms with Gasteiger partial charge in [-0.2, -0.15) is 0 Å². The average Bonchev–Trinajstić information content (AvgIpc) is 2.11. The second-order valence-electron chi connectivity index (χ2n) is 1.89. The van der Waals surface area contributed by atoms with E-state index in [0.29, 0.717) is 0 Å². The second-order valence-corrected chi connectivity index (χ2v) is 3.40. The molecule has 6 heteroatoms.